The molecule has 0 bridgehead atoms. The van der Waals surface area contributed by atoms with E-state index in [1.165, 1.54) is 5.56 Å². The van der Waals surface area contributed by atoms with Gasteiger partial charge in [0.15, 0.2) is 0 Å². The molecular weight excluding hydrogens is 186 g/mol. The van der Waals surface area contributed by atoms with E-state index in [1.807, 2.05) is 18.2 Å². The van der Waals surface area contributed by atoms with Crippen LogP contribution in [-0.4, -0.2) is 12.6 Å². The third-order valence-corrected chi connectivity index (χ3v) is 2.52. The number of rotatable bonds is 5. The average Bonchev–Trinajstić information content (AvgIpc) is 2.26. The van der Waals surface area contributed by atoms with E-state index in [4.69, 9.17) is 10.5 Å². The molecule has 15 heavy (non-hydrogen) atoms. The Kier molecular flexibility index (Phi) is 4.63. The third kappa shape index (κ3) is 3.56. The molecule has 0 aliphatic rings. The zero-order valence-electron chi connectivity index (χ0n) is 9.86. The minimum atomic E-state index is 0.130. The van der Waals surface area contributed by atoms with Gasteiger partial charge >= 0.3 is 0 Å². The molecule has 0 amide bonds. The summed E-state index contributed by atoms with van der Waals surface area (Å²) in [5, 5.41) is 0. The van der Waals surface area contributed by atoms with E-state index in [0.717, 1.165) is 12.2 Å². The van der Waals surface area contributed by atoms with Crippen molar-refractivity contribution in [3.05, 3.63) is 29.8 Å². The number of hydrogen-bond acceptors (Lipinski definition) is 2. The average molecular weight is 207 g/mol. The summed E-state index contributed by atoms with van der Waals surface area (Å²) in [6.45, 7) is 7.01. The smallest absolute Gasteiger partial charge is 0.122 e. The number of hydrogen-bond donors (Lipinski definition) is 1. The van der Waals surface area contributed by atoms with Gasteiger partial charge in [-0.2, -0.15) is 0 Å². The van der Waals surface area contributed by atoms with Crippen molar-refractivity contribution >= 4 is 0 Å². The Bertz CT molecular complexity index is 296. The number of nitrogens with two attached hydrogens (primary N) is 1. The van der Waals surface area contributed by atoms with Crippen molar-refractivity contribution in [1.82, 2.24) is 0 Å². The van der Waals surface area contributed by atoms with Crippen LogP contribution in [0.15, 0.2) is 24.3 Å². The van der Waals surface area contributed by atoms with Crippen LogP contribution in [-0.2, 0) is 0 Å². The molecule has 0 saturated heterocycles. The minimum Gasteiger partial charge on any atom is -0.492 e. The Balaban J connectivity index is 2.67. The molecule has 0 saturated carbocycles. The summed E-state index contributed by atoms with van der Waals surface area (Å²) in [5.74, 6) is 1.45. The molecule has 0 radical (unpaired) electrons. The highest BCUT2D eigenvalue weighted by molar-refractivity contribution is 5.35. The molecule has 1 unspecified atom stereocenters. The molecule has 2 N–H and O–H groups in total. The van der Waals surface area contributed by atoms with E-state index < -0.39 is 0 Å². The van der Waals surface area contributed by atoms with Gasteiger partial charge < -0.3 is 10.5 Å². The second kappa shape index (κ2) is 5.76. The molecule has 0 aliphatic heterocycles. The maximum Gasteiger partial charge on any atom is 0.122 e. The van der Waals surface area contributed by atoms with E-state index in [0.29, 0.717) is 12.5 Å². The predicted octanol–water partition coefficient (Wildman–Crippen LogP) is 2.93. The molecule has 1 aromatic rings. The Hall–Kier alpha value is -1.02. The van der Waals surface area contributed by atoms with Crippen LogP contribution in [0.4, 0.5) is 0 Å². The highest BCUT2D eigenvalue weighted by atomic mass is 16.5. The molecule has 2 heteroatoms. The van der Waals surface area contributed by atoms with Crippen molar-refractivity contribution < 1.29 is 4.74 Å². The molecule has 0 fully saturated rings. The second-order valence-corrected chi connectivity index (χ2v) is 4.17. The van der Waals surface area contributed by atoms with Gasteiger partial charge in [0.05, 0.1) is 0 Å². The zero-order chi connectivity index (χ0) is 11.3. The SMILES string of the molecule is CCC(N)COc1ccccc1C(C)C. The van der Waals surface area contributed by atoms with Crippen LogP contribution in [0, 0.1) is 0 Å². The van der Waals surface area contributed by atoms with Gasteiger partial charge in [-0.1, -0.05) is 39.0 Å². The van der Waals surface area contributed by atoms with Crippen molar-refractivity contribution in [2.75, 3.05) is 6.61 Å². The molecule has 2 nitrogen and oxygen atoms in total. The van der Waals surface area contributed by atoms with Gasteiger partial charge in [-0.3, -0.25) is 0 Å². The maximum absolute atomic E-state index is 5.82. The van der Waals surface area contributed by atoms with Crippen molar-refractivity contribution in [2.24, 2.45) is 5.73 Å². The molecule has 1 aromatic carbocycles. The lowest BCUT2D eigenvalue weighted by Crippen LogP contribution is -2.26. The first-order chi connectivity index (χ1) is 7.15. The lowest BCUT2D eigenvalue weighted by molar-refractivity contribution is 0.282. The van der Waals surface area contributed by atoms with Gasteiger partial charge in [0.25, 0.3) is 0 Å². The van der Waals surface area contributed by atoms with Crippen LogP contribution in [0.25, 0.3) is 0 Å². The van der Waals surface area contributed by atoms with E-state index in [2.05, 4.69) is 26.8 Å². The van der Waals surface area contributed by atoms with Crippen molar-refractivity contribution in [3.63, 3.8) is 0 Å². The zero-order valence-corrected chi connectivity index (χ0v) is 9.86. The van der Waals surface area contributed by atoms with Gasteiger partial charge in [0, 0.05) is 6.04 Å². The first kappa shape index (κ1) is 12.1. The van der Waals surface area contributed by atoms with Gasteiger partial charge in [-0.25, -0.2) is 0 Å². The summed E-state index contributed by atoms with van der Waals surface area (Å²) < 4.78 is 5.73. The predicted molar refractivity (Wildman–Crippen MR) is 64.3 cm³/mol. The van der Waals surface area contributed by atoms with Gasteiger partial charge in [-0.05, 0) is 24.0 Å². The highest BCUT2D eigenvalue weighted by Gasteiger charge is 2.07. The van der Waals surface area contributed by atoms with Crippen molar-refractivity contribution in [3.8, 4) is 5.75 Å². The first-order valence-corrected chi connectivity index (χ1v) is 5.62. The monoisotopic (exact) mass is 207 g/mol. The van der Waals surface area contributed by atoms with Crippen molar-refractivity contribution in [2.45, 2.75) is 39.2 Å². The largest absolute Gasteiger partial charge is 0.492 e. The summed E-state index contributed by atoms with van der Waals surface area (Å²) in [6, 6.07) is 8.29. The highest BCUT2D eigenvalue weighted by Crippen LogP contribution is 2.25. The molecule has 84 valence electrons. The van der Waals surface area contributed by atoms with Crippen LogP contribution in [0.1, 0.15) is 38.7 Å². The second-order valence-electron chi connectivity index (χ2n) is 4.17. The van der Waals surface area contributed by atoms with Gasteiger partial charge in [-0.15, -0.1) is 0 Å². The summed E-state index contributed by atoms with van der Waals surface area (Å²) in [6.07, 6.45) is 0.948. The number of para-hydroxylation sites is 1. The summed E-state index contributed by atoms with van der Waals surface area (Å²) >= 11 is 0. The topological polar surface area (TPSA) is 35.2 Å². The van der Waals surface area contributed by atoms with Crippen LogP contribution < -0.4 is 10.5 Å². The molecule has 1 atom stereocenters. The molecule has 0 aliphatic carbocycles. The van der Waals surface area contributed by atoms with Crippen LogP contribution in [0.5, 0.6) is 5.75 Å². The lowest BCUT2D eigenvalue weighted by atomic mass is 10.0. The normalized spacial score (nSPS) is 12.9. The van der Waals surface area contributed by atoms with E-state index >= 15 is 0 Å². The fourth-order valence-corrected chi connectivity index (χ4v) is 1.40. The maximum atomic E-state index is 5.82. The van der Waals surface area contributed by atoms with E-state index in [9.17, 15) is 0 Å². The van der Waals surface area contributed by atoms with E-state index in [1.54, 1.807) is 0 Å². The Morgan fingerprint density at radius 2 is 1.93 bits per heavy atom. The van der Waals surface area contributed by atoms with Gasteiger partial charge in [0.1, 0.15) is 12.4 Å². The molecular formula is C13H21NO. The molecule has 0 aromatic heterocycles. The summed E-state index contributed by atoms with van der Waals surface area (Å²) in [7, 11) is 0. The summed E-state index contributed by atoms with van der Waals surface area (Å²) in [4.78, 5) is 0. The first-order valence-electron chi connectivity index (χ1n) is 5.62. The third-order valence-electron chi connectivity index (χ3n) is 2.52. The fraction of sp³-hybridized carbons (Fsp3) is 0.538. The number of benzene rings is 1. The Morgan fingerprint density at radius 3 is 2.53 bits per heavy atom. The van der Waals surface area contributed by atoms with E-state index in [-0.39, 0.29) is 6.04 Å². The number of ether oxygens (including phenoxy) is 1. The fourth-order valence-electron chi connectivity index (χ4n) is 1.40. The van der Waals surface area contributed by atoms with Gasteiger partial charge in [0.2, 0.25) is 0 Å². The van der Waals surface area contributed by atoms with Crippen LogP contribution >= 0.6 is 0 Å². The quantitative estimate of drug-likeness (QED) is 0.805. The lowest BCUT2D eigenvalue weighted by Gasteiger charge is -2.16. The van der Waals surface area contributed by atoms with Crippen molar-refractivity contribution in [1.29, 1.82) is 0 Å². The standard InChI is InChI=1S/C13H21NO/c1-4-11(14)9-15-13-8-6-5-7-12(13)10(2)3/h5-8,10-11H,4,9,14H2,1-3H3. The Morgan fingerprint density at radius 1 is 1.27 bits per heavy atom. The van der Waals surface area contributed by atoms with Crippen LogP contribution in [0.3, 0.4) is 0 Å². The molecule has 0 spiro atoms. The summed E-state index contributed by atoms with van der Waals surface area (Å²) in [5.41, 5.74) is 7.07. The Labute approximate surface area is 92.4 Å². The molecule has 1 rings (SSSR count). The molecule has 0 heterocycles. The minimum absolute atomic E-state index is 0.130. The van der Waals surface area contributed by atoms with Crippen LogP contribution in [0.2, 0.25) is 0 Å².